The number of carbonyl (C=O) groups excluding carboxylic acids is 2. The standard InChI is InChI=1S/C13H20N2O5/c16-11-5-10(7-15(11)6-9-1-2-9)13(19)14-3-4-20-8-12(17)18/h9-10H,1-8H2,(H,14,19)(H,17,18). The van der Waals surface area contributed by atoms with E-state index >= 15 is 0 Å². The van der Waals surface area contributed by atoms with E-state index in [0.29, 0.717) is 12.5 Å². The SMILES string of the molecule is O=C(O)COCCNC(=O)C1CC(=O)N(CC2CC2)C1. The van der Waals surface area contributed by atoms with Crippen LogP contribution in [0.1, 0.15) is 19.3 Å². The highest BCUT2D eigenvalue weighted by molar-refractivity contribution is 5.89. The van der Waals surface area contributed by atoms with Crippen LogP contribution in [0.5, 0.6) is 0 Å². The van der Waals surface area contributed by atoms with Crippen LogP contribution < -0.4 is 5.32 Å². The predicted molar refractivity (Wildman–Crippen MR) is 68.9 cm³/mol. The van der Waals surface area contributed by atoms with E-state index in [9.17, 15) is 14.4 Å². The number of likely N-dealkylation sites (tertiary alicyclic amines) is 1. The maximum atomic E-state index is 11.9. The molecule has 0 bridgehead atoms. The van der Waals surface area contributed by atoms with Gasteiger partial charge in [-0.3, -0.25) is 9.59 Å². The minimum absolute atomic E-state index is 0.0548. The Labute approximate surface area is 117 Å². The van der Waals surface area contributed by atoms with Gasteiger partial charge in [0.05, 0.1) is 12.5 Å². The summed E-state index contributed by atoms with van der Waals surface area (Å²) in [6.45, 7) is 1.33. The van der Waals surface area contributed by atoms with Gasteiger partial charge in [0.15, 0.2) is 0 Å². The molecule has 1 aliphatic carbocycles. The number of nitrogens with zero attached hydrogens (tertiary/aromatic N) is 1. The van der Waals surface area contributed by atoms with Crippen LogP contribution in [-0.2, 0) is 19.1 Å². The molecule has 0 aromatic rings. The van der Waals surface area contributed by atoms with Crippen LogP contribution in [0.4, 0.5) is 0 Å². The molecule has 1 heterocycles. The van der Waals surface area contributed by atoms with Gasteiger partial charge in [-0.25, -0.2) is 4.79 Å². The zero-order valence-electron chi connectivity index (χ0n) is 11.3. The number of carbonyl (C=O) groups is 3. The van der Waals surface area contributed by atoms with Crippen LogP contribution in [0.3, 0.4) is 0 Å². The minimum atomic E-state index is -1.03. The molecule has 2 fully saturated rings. The van der Waals surface area contributed by atoms with E-state index in [4.69, 9.17) is 9.84 Å². The van der Waals surface area contributed by atoms with Gasteiger partial charge in [0.1, 0.15) is 6.61 Å². The van der Waals surface area contributed by atoms with Gasteiger partial charge in [-0.15, -0.1) is 0 Å². The first kappa shape index (κ1) is 14.8. The summed E-state index contributed by atoms with van der Waals surface area (Å²) in [5, 5.41) is 11.0. The maximum absolute atomic E-state index is 11.9. The number of hydrogen-bond acceptors (Lipinski definition) is 4. The summed E-state index contributed by atoms with van der Waals surface area (Å²) in [5.74, 6) is -0.797. The lowest BCUT2D eigenvalue weighted by Gasteiger charge is -2.15. The molecule has 2 rings (SSSR count). The van der Waals surface area contributed by atoms with Gasteiger partial charge in [-0.1, -0.05) is 0 Å². The number of rotatable bonds is 8. The van der Waals surface area contributed by atoms with E-state index in [1.807, 2.05) is 0 Å². The number of carboxylic acid groups (broad SMARTS) is 1. The monoisotopic (exact) mass is 284 g/mol. The molecule has 2 N–H and O–H groups in total. The lowest BCUT2D eigenvalue weighted by Crippen LogP contribution is -2.35. The van der Waals surface area contributed by atoms with Crippen LogP contribution in [0.15, 0.2) is 0 Å². The van der Waals surface area contributed by atoms with E-state index in [1.54, 1.807) is 4.90 Å². The number of amides is 2. The van der Waals surface area contributed by atoms with Crippen LogP contribution in [0.25, 0.3) is 0 Å². The first-order chi connectivity index (χ1) is 9.56. The molecule has 7 heteroatoms. The lowest BCUT2D eigenvalue weighted by atomic mass is 10.1. The van der Waals surface area contributed by atoms with Crippen molar-refractivity contribution >= 4 is 17.8 Å². The Balaban J connectivity index is 1.62. The largest absolute Gasteiger partial charge is 0.480 e. The molecule has 2 aliphatic rings. The molecule has 0 radical (unpaired) electrons. The topological polar surface area (TPSA) is 95.9 Å². The van der Waals surface area contributed by atoms with E-state index < -0.39 is 5.97 Å². The first-order valence-electron chi connectivity index (χ1n) is 6.91. The summed E-state index contributed by atoms with van der Waals surface area (Å²) in [4.78, 5) is 35.6. The Morgan fingerprint density at radius 1 is 1.40 bits per heavy atom. The molecule has 1 atom stereocenters. The van der Waals surface area contributed by atoms with Gasteiger partial charge >= 0.3 is 5.97 Å². The van der Waals surface area contributed by atoms with Crippen molar-refractivity contribution < 1.29 is 24.2 Å². The van der Waals surface area contributed by atoms with Crippen molar-refractivity contribution in [1.29, 1.82) is 0 Å². The number of aliphatic carboxylic acids is 1. The Kier molecular flexibility index (Phi) is 4.94. The molecule has 7 nitrogen and oxygen atoms in total. The van der Waals surface area contributed by atoms with Crippen LogP contribution in [0.2, 0.25) is 0 Å². The van der Waals surface area contributed by atoms with Gasteiger partial charge in [0.2, 0.25) is 11.8 Å². The molecule has 20 heavy (non-hydrogen) atoms. The second kappa shape index (κ2) is 6.69. The second-order valence-corrected chi connectivity index (χ2v) is 5.38. The Morgan fingerprint density at radius 2 is 2.15 bits per heavy atom. The molecule has 1 saturated carbocycles. The van der Waals surface area contributed by atoms with Crippen molar-refractivity contribution in [3.05, 3.63) is 0 Å². The zero-order chi connectivity index (χ0) is 14.5. The molecule has 0 aromatic carbocycles. The fraction of sp³-hybridized carbons (Fsp3) is 0.769. The molecule has 2 amide bonds. The number of ether oxygens (including phenoxy) is 1. The van der Waals surface area contributed by atoms with Gasteiger partial charge in [-0.2, -0.15) is 0 Å². The van der Waals surface area contributed by atoms with Crippen molar-refractivity contribution in [3.8, 4) is 0 Å². The highest BCUT2D eigenvalue weighted by atomic mass is 16.5. The first-order valence-corrected chi connectivity index (χ1v) is 6.91. The number of hydrogen-bond donors (Lipinski definition) is 2. The predicted octanol–water partition coefficient (Wildman–Crippen LogP) is -0.538. The van der Waals surface area contributed by atoms with Crippen molar-refractivity contribution in [2.45, 2.75) is 19.3 Å². The fourth-order valence-corrected chi connectivity index (χ4v) is 2.29. The van der Waals surface area contributed by atoms with Gasteiger partial charge in [0.25, 0.3) is 0 Å². The number of carboxylic acids is 1. The van der Waals surface area contributed by atoms with E-state index in [0.717, 1.165) is 6.54 Å². The third-order valence-electron chi connectivity index (χ3n) is 3.53. The molecule has 0 aromatic heterocycles. The van der Waals surface area contributed by atoms with Crippen LogP contribution in [0, 0.1) is 11.8 Å². The number of nitrogens with one attached hydrogen (secondary N) is 1. The van der Waals surface area contributed by atoms with E-state index in [2.05, 4.69) is 5.32 Å². The van der Waals surface area contributed by atoms with Gasteiger partial charge in [0, 0.05) is 26.1 Å². The molecular weight excluding hydrogens is 264 g/mol. The van der Waals surface area contributed by atoms with E-state index in [1.165, 1.54) is 12.8 Å². The summed E-state index contributed by atoms with van der Waals surface area (Å²) in [7, 11) is 0. The average molecular weight is 284 g/mol. The molecule has 112 valence electrons. The summed E-state index contributed by atoms with van der Waals surface area (Å²) in [5.41, 5.74) is 0. The van der Waals surface area contributed by atoms with Crippen LogP contribution >= 0.6 is 0 Å². The summed E-state index contributed by atoms with van der Waals surface area (Å²) in [6.07, 6.45) is 2.64. The highest BCUT2D eigenvalue weighted by Crippen LogP contribution is 2.31. The minimum Gasteiger partial charge on any atom is -0.480 e. The second-order valence-electron chi connectivity index (χ2n) is 5.38. The quantitative estimate of drug-likeness (QED) is 0.584. The summed E-state index contributed by atoms with van der Waals surface area (Å²) in [6, 6.07) is 0. The molecule has 0 spiro atoms. The van der Waals surface area contributed by atoms with E-state index in [-0.39, 0.29) is 43.9 Å². The third kappa shape index (κ3) is 4.48. The Bertz CT molecular complexity index is 394. The van der Waals surface area contributed by atoms with Crippen molar-refractivity contribution in [1.82, 2.24) is 10.2 Å². The lowest BCUT2D eigenvalue weighted by molar-refractivity contribution is -0.142. The fourth-order valence-electron chi connectivity index (χ4n) is 2.29. The maximum Gasteiger partial charge on any atom is 0.329 e. The van der Waals surface area contributed by atoms with Crippen molar-refractivity contribution in [3.63, 3.8) is 0 Å². The third-order valence-corrected chi connectivity index (χ3v) is 3.53. The summed E-state index contributed by atoms with van der Waals surface area (Å²) < 4.78 is 4.82. The Morgan fingerprint density at radius 3 is 2.80 bits per heavy atom. The Hall–Kier alpha value is -1.63. The average Bonchev–Trinajstić information content (AvgIpc) is 3.12. The van der Waals surface area contributed by atoms with Gasteiger partial charge < -0.3 is 20.1 Å². The molecule has 1 aliphatic heterocycles. The molecular formula is C13H20N2O5. The zero-order valence-corrected chi connectivity index (χ0v) is 11.3. The van der Waals surface area contributed by atoms with Gasteiger partial charge in [-0.05, 0) is 18.8 Å². The van der Waals surface area contributed by atoms with Crippen molar-refractivity contribution in [2.75, 3.05) is 32.8 Å². The van der Waals surface area contributed by atoms with Crippen LogP contribution in [-0.4, -0.2) is 60.6 Å². The molecule has 1 saturated heterocycles. The van der Waals surface area contributed by atoms with Crippen molar-refractivity contribution in [2.24, 2.45) is 11.8 Å². The smallest absolute Gasteiger partial charge is 0.329 e. The summed E-state index contributed by atoms with van der Waals surface area (Å²) >= 11 is 0. The normalized spacial score (nSPS) is 22.1. The highest BCUT2D eigenvalue weighted by Gasteiger charge is 2.36. The molecule has 1 unspecified atom stereocenters.